The van der Waals surface area contributed by atoms with Gasteiger partial charge in [-0.3, -0.25) is 0 Å². The standard InChI is InChI=1S/C16H15ClFNO2/c1-9-5-11(6-10(2)15(9)18)8-19-14-7-12(17)3-4-13(14)16(20)21/h3-7,19H,8H2,1-2H3,(H,20,21). The summed E-state index contributed by atoms with van der Waals surface area (Å²) >= 11 is 5.89. The lowest BCUT2D eigenvalue weighted by atomic mass is 10.1. The molecule has 0 aliphatic heterocycles. The van der Waals surface area contributed by atoms with Gasteiger partial charge in [0, 0.05) is 11.6 Å². The maximum absolute atomic E-state index is 13.6. The fraction of sp³-hybridized carbons (Fsp3) is 0.188. The van der Waals surface area contributed by atoms with Gasteiger partial charge in [0.2, 0.25) is 0 Å². The quantitative estimate of drug-likeness (QED) is 0.880. The van der Waals surface area contributed by atoms with Gasteiger partial charge in [0.05, 0.1) is 11.3 Å². The minimum absolute atomic E-state index is 0.148. The Morgan fingerprint density at radius 3 is 2.43 bits per heavy atom. The van der Waals surface area contributed by atoms with Crippen molar-refractivity contribution >= 4 is 23.3 Å². The summed E-state index contributed by atoms with van der Waals surface area (Å²) in [4.78, 5) is 11.2. The zero-order chi connectivity index (χ0) is 15.6. The molecule has 0 aliphatic rings. The number of aromatic carboxylic acids is 1. The number of halogens is 2. The van der Waals surface area contributed by atoms with Crippen molar-refractivity contribution < 1.29 is 14.3 Å². The lowest BCUT2D eigenvalue weighted by Gasteiger charge is -2.12. The van der Waals surface area contributed by atoms with Crippen LogP contribution in [0, 0.1) is 19.7 Å². The maximum atomic E-state index is 13.6. The SMILES string of the molecule is Cc1cc(CNc2cc(Cl)ccc2C(=O)O)cc(C)c1F. The van der Waals surface area contributed by atoms with E-state index in [-0.39, 0.29) is 11.4 Å². The molecule has 0 aromatic heterocycles. The molecule has 0 saturated heterocycles. The zero-order valence-electron chi connectivity index (χ0n) is 11.7. The molecule has 2 N–H and O–H groups in total. The van der Waals surface area contributed by atoms with Crippen molar-refractivity contribution in [2.75, 3.05) is 5.32 Å². The molecule has 0 saturated carbocycles. The van der Waals surface area contributed by atoms with Gasteiger partial charge in [-0.1, -0.05) is 23.7 Å². The molecule has 0 amide bonds. The highest BCUT2D eigenvalue weighted by Gasteiger charge is 2.11. The van der Waals surface area contributed by atoms with Crippen LogP contribution < -0.4 is 5.32 Å². The van der Waals surface area contributed by atoms with Gasteiger partial charge in [-0.25, -0.2) is 9.18 Å². The Morgan fingerprint density at radius 2 is 1.86 bits per heavy atom. The van der Waals surface area contributed by atoms with E-state index in [1.807, 2.05) is 0 Å². The van der Waals surface area contributed by atoms with Crippen LogP contribution in [0.4, 0.5) is 10.1 Å². The normalized spacial score (nSPS) is 10.5. The first-order valence-corrected chi connectivity index (χ1v) is 6.78. The molecule has 0 aliphatic carbocycles. The number of hydrogen-bond acceptors (Lipinski definition) is 2. The highest BCUT2D eigenvalue weighted by atomic mass is 35.5. The summed E-state index contributed by atoms with van der Waals surface area (Å²) in [6.07, 6.45) is 0. The van der Waals surface area contributed by atoms with Crippen molar-refractivity contribution in [1.82, 2.24) is 0 Å². The van der Waals surface area contributed by atoms with Gasteiger partial charge in [0.1, 0.15) is 5.82 Å². The minimum atomic E-state index is -1.03. The molecular formula is C16H15ClFNO2. The molecule has 2 rings (SSSR count). The van der Waals surface area contributed by atoms with Crippen LogP contribution in [0.15, 0.2) is 30.3 Å². The molecule has 0 bridgehead atoms. The molecule has 0 atom stereocenters. The van der Waals surface area contributed by atoms with E-state index in [0.717, 1.165) is 5.56 Å². The summed E-state index contributed by atoms with van der Waals surface area (Å²) in [5.74, 6) is -1.24. The number of nitrogens with one attached hydrogen (secondary N) is 1. The van der Waals surface area contributed by atoms with E-state index in [0.29, 0.717) is 28.4 Å². The second kappa shape index (κ2) is 6.14. The van der Waals surface area contributed by atoms with Crippen molar-refractivity contribution in [2.45, 2.75) is 20.4 Å². The van der Waals surface area contributed by atoms with Gasteiger partial charge >= 0.3 is 5.97 Å². The average molecular weight is 308 g/mol. The van der Waals surface area contributed by atoms with Gasteiger partial charge < -0.3 is 10.4 Å². The van der Waals surface area contributed by atoms with Crippen LogP contribution in [-0.2, 0) is 6.54 Å². The first kappa shape index (κ1) is 15.3. The second-order valence-electron chi connectivity index (χ2n) is 4.89. The summed E-state index contributed by atoms with van der Waals surface area (Å²) in [5.41, 5.74) is 2.60. The van der Waals surface area contributed by atoms with Crippen LogP contribution in [-0.4, -0.2) is 11.1 Å². The highest BCUT2D eigenvalue weighted by Crippen LogP contribution is 2.22. The molecular weight excluding hydrogens is 293 g/mol. The molecule has 0 spiro atoms. The minimum Gasteiger partial charge on any atom is -0.478 e. The fourth-order valence-electron chi connectivity index (χ4n) is 2.18. The van der Waals surface area contributed by atoms with E-state index in [1.54, 1.807) is 32.0 Å². The molecule has 3 nitrogen and oxygen atoms in total. The summed E-state index contributed by atoms with van der Waals surface area (Å²) in [6, 6.07) is 8.02. The summed E-state index contributed by atoms with van der Waals surface area (Å²) in [5, 5.41) is 12.6. The topological polar surface area (TPSA) is 49.3 Å². The van der Waals surface area contributed by atoms with Crippen molar-refractivity contribution in [3.63, 3.8) is 0 Å². The highest BCUT2D eigenvalue weighted by molar-refractivity contribution is 6.31. The maximum Gasteiger partial charge on any atom is 0.337 e. The predicted molar refractivity (Wildman–Crippen MR) is 81.6 cm³/mol. The Hall–Kier alpha value is -2.07. The number of rotatable bonds is 4. The van der Waals surface area contributed by atoms with Gasteiger partial charge in [-0.2, -0.15) is 0 Å². The van der Waals surface area contributed by atoms with E-state index in [9.17, 15) is 9.18 Å². The number of carbonyl (C=O) groups is 1. The number of carboxylic acids is 1. The lowest BCUT2D eigenvalue weighted by molar-refractivity contribution is 0.0698. The molecule has 0 fully saturated rings. The molecule has 110 valence electrons. The fourth-order valence-corrected chi connectivity index (χ4v) is 2.36. The van der Waals surface area contributed by atoms with Crippen LogP contribution in [0.2, 0.25) is 5.02 Å². The molecule has 0 unspecified atom stereocenters. The first-order chi connectivity index (χ1) is 9.88. The van der Waals surface area contributed by atoms with E-state index >= 15 is 0 Å². The van der Waals surface area contributed by atoms with E-state index in [2.05, 4.69) is 5.32 Å². The second-order valence-corrected chi connectivity index (χ2v) is 5.33. The number of anilines is 1. The number of carboxylic acid groups (broad SMARTS) is 1. The number of benzene rings is 2. The van der Waals surface area contributed by atoms with Gasteiger partial charge in [-0.05, 0) is 48.7 Å². The number of hydrogen-bond donors (Lipinski definition) is 2. The molecule has 2 aromatic rings. The van der Waals surface area contributed by atoms with E-state index in [1.165, 1.54) is 12.1 Å². The Labute approximate surface area is 127 Å². The Balaban J connectivity index is 2.24. The first-order valence-electron chi connectivity index (χ1n) is 6.41. The Bertz CT molecular complexity index is 678. The van der Waals surface area contributed by atoms with Gasteiger partial charge in [0.25, 0.3) is 0 Å². The Morgan fingerprint density at radius 1 is 1.24 bits per heavy atom. The number of aryl methyl sites for hydroxylation is 2. The third-order valence-corrected chi connectivity index (χ3v) is 3.43. The molecule has 0 radical (unpaired) electrons. The third-order valence-electron chi connectivity index (χ3n) is 3.19. The third kappa shape index (κ3) is 3.52. The summed E-state index contributed by atoms with van der Waals surface area (Å²) in [6.45, 7) is 3.80. The predicted octanol–water partition coefficient (Wildman–Crippen LogP) is 4.41. The van der Waals surface area contributed by atoms with Gasteiger partial charge in [0.15, 0.2) is 0 Å². The Kier molecular flexibility index (Phi) is 4.48. The van der Waals surface area contributed by atoms with Crippen LogP contribution in [0.5, 0.6) is 0 Å². The van der Waals surface area contributed by atoms with Crippen LogP contribution in [0.3, 0.4) is 0 Å². The zero-order valence-corrected chi connectivity index (χ0v) is 12.5. The van der Waals surface area contributed by atoms with Crippen LogP contribution >= 0.6 is 11.6 Å². The smallest absolute Gasteiger partial charge is 0.337 e. The largest absolute Gasteiger partial charge is 0.478 e. The van der Waals surface area contributed by atoms with E-state index in [4.69, 9.17) is 16.7 Å². The molecule has 2 aromatic carbocycles. The lowest BCUT2D eigenvalue weighted by Crippen LogP contribution is -2.07. The summed E-state index contributed by atoms with van der Waals surface area (Å²) < 4.78 is 13.6. The summed E-state index contributed by atoms with van der Waals surface area (Å²) in [7, 11) is 0. The van der Waals surface area contributed by atoms with Crippen LogP contribution in [0.1, 0.15) is 27.0 Å². The average Bonchev–Trinajstić information content (AvgIpc) is 2.42. The molecule has 0 heterocycles. The molecule has 5 heteroatoms. The van der Waals surface area contributed by atoms with Crippen molar-refractivity contribution in [3.05, 3.63) is 63.4 Å². The van der Waals surface area contributed by atoms with E-state index < -0.39 is 5.97 Å². The van der Waals surface area contributed by atoms with Gasteiger partial charge in [-0.15, -0.1) is 0 Å². The van der Waals surface area contributed by atoms with Crippen LogP contribution in [0.25, 0.3) is 0 Å². The van der Waals surface area contributed by atoms with Crippen molar-refractivity contribution in [1.29, 1.82) is 0 Å². The molecule has 21 heavy (non-hydrogen) atoms. The van der Waals surface area contributed by atoms with Crippen molar-refractivity contribution in [3.8, 4) is 0 Å². The monoisotopic (exact) mass is 307 g/mol. The van der Waals surface area contributed by atoms with Crippen molar-refractivity contribution in [2.24, 2.45) is 0 Å².